The quantitative estimate of drug-likeness (QED) is 0.720. The molecule has 0 fully saturated rings. The van der Waals surface area contributed by atoms with Gasteiger partial charge < -0.3 is 15.6 Å². The summed E-state index contributed by atoms with van der Waals surface area (Å²) in [6.07, 6.45) is 0.659. The van der Waals surface area contributed by atoms with Crippen LogP contribution in [0.4, 0.5) is 0 Å². The van der Waals surface area contributed by atoms with Gasteiger partial charge in [0.05, 0.1) is 19.3 Å². The van der Waals surface area contributed by atoms with Crippen molar-refractivity contribution < 1.29 is 9.84 Å². The number of ether oxygens (including phenoxy) is 1. The van der Waals surface area contributed by atoms with Crippen molar-refractivity contribution in [3.05, 3.63) is 29.3 Å². The first-order chi connectivity index (χ1) is 7.31. The first-order valence-corrected chi connectivity index (χ1v) is 4.78. The Balaban J connectivity index is 2.97. The Labute approximate surface area is 89.9 Å². The average molecular weight is 205 g/mol. The Hall–Kier alpha value is -1.50. The third kappa shape index (κ3) is 3.28. The molecular weight excluding hydrogens is 190 g/mol. The monoisotopic (exact) mass is 205 g/mol. The first-order valence-electron chi connectivity index (χ1n) is 4.78. The standard InChI is InChI=1S/C12H15NO2/c1-15-12-6-5-10(9-14)8-11(12)4-2-3-7-13/h5-6,8,14H,3,7,9,13H2,1H3. The molecule has 0 heterocycles. The Morgan fingerprint density at radius 1 is 1.47 bits per heavy atom. The van der Waals surface area contributed by atoms with Gasteiger partial charge in [-0.3, -0.25) is 0 Å². The van der Waals surface area contributed by atoms with Crippen molar-refractivity contribution >= 4 is 0 Å². The van der Waals surface area contributed by atoms with Gasteiger partial charge in [0.2, 0.25) is 0 Å². The van der Waals surface area contributed by atoms with Crippen LogP contribution in [-0.2, 0) is 6.61 Å². The minimum Gasteiger partial charge on any atom is -0.495 e. The summed E-state index contributed by atoms with van der Waals surface area (Å²) in [5.74, 6) is 6.63. The van der Waals surface area contributed by atoms with Gasteiger partial charge >= 0.3 is 0 Å². The van der Waals surface area contributed by atoms with Gasteiger partial charge in [0.15, 0.2) is 0 Å². The minimum atomic E-state index is 0.00949. The topological polar surface area (TPSA) is 55.5 Å². The van der Waals surface area contributed by atoms with Gasteiger partial charge in [0.25, 0.3) is 0 Å². The molecule has 0 spiro atoms. The Bertz CT molecular complexity index is 377. The molecule has 3 heteroatoms. The van der Waals surface area contributed by atoms with Crippen molar-refractivity contribution in [3.63, 3.8) is 0 Å². The largest absolute Gasteiger partial charge is 0.495 e. The van der Waals surface area contributed by atoms with E-state index in [0.29, 0.717) is 13.0 Å². The number of nitrogens with two attached hydrogens (primary N) is 1. The summed E-state index contributed by atoms with van der Waals surface area (Å²) in [6, 6.07) is 5.44. The molecule has 0 aliphatic rings. The zero-order chi connectivity index (χ0) is 11.1. The number of aliphatic hydroxyl groups excluding tert-OH is 1. The Morgan fingerprint density at radius 3 is 2.87 bits per heavy atom. The van der Waals surface area contributed by atoms with Gasteiger partial charge in [0, 0.05) is 13.0 Å². The molecule has 0 atom stereocenters. The molecule has 0 amide bonds. The van der Waals surface area contributed by atoms with E-state index in [9.17, 15) is 0 Å². The van der Waals surface area contributed by atoms with Crippen LogP contribution in [0, 0.1) is 11.8 Å². The molecule has 0 aromatic heterocycles. The fourth-order valence-electron chi connectivity index (χ4n) is 1.18. The van der Waals surface area contributed by atoms with Gasteiger partial charge in [-0.25, -0.2) is 0 Å². The summed E-state index contributed by atoms with van der Waals surface area (Å²) in [5, 5.41) is 8.99. The summed E-state index contributed by atoms with van der Waals surface area (Å²) >= 11 is 0. The number of hydrogen-bond acceptors (Lipinski definition) is 3. The Morgan fingerprint density at radius 2 is 2.27 bits per heavy atom. The fraction of sp³-hybridized carbons (Fsp3) is 0.333. The molecule has 0 bridgehead atoms. The summed E-state index contributed by atoms with van der Waals surface area (Å²) in [4.78, 5) is 0. The van der Waals surface area contributed by atoms with E-state index in [1.165, 1.54) is 0 Å². The minimum absolute atomic E-state index is 0.00949. The van der Waals surface area contributed by atoms with E-state index in [2.05, 4.69) is 11.8 Å². The molecular formula is C12H15NO2. The lowest BCUT2D eigenvalue weighted by Gasteiger charge is -2.04. The second-order valence-electron chi connectivity index (χ2n) is 3.03. The average Bonchev–Trinajstić information content (AvgIpc) is 2.29. The molecule has 0 saturated heterocycles. The lowest BCUT2D eigenvalue weighted by molar-refractivity contribution is 0.281. The summed E-state index contributed by atoms with van der Waals surface area (Å²) < 4.78 is 5.16. The summed E-state index contributed by atoms with van der Waals surface area (Å²) in [6.45, 7) is 0.560. The van der Waals surface area contributed by atoms with Crippen molar-refractivity contribution in [3.8, 4) is 17.6 Å². The van der Waals surface area contributed by atoms with E-state index in [0.717, 1.165) is 16.9 Å². The lowest BCUT2D eigenvalue weighted by atomic mass is 10.1. The number of methoxy groups -OCH3 is 1. The van der Waals surface area contributed by atoms with Gasteiger partial charge in [-0.05, 0) is 17.7 Å². The van der Waals surface area contributed by atoms with Crippen LogP contribution in [0.2, 0.25) is 0 Å². The lowest BCUT2D eigenvalue weighted by Crippen LogP contribution is -1.96. The predicted octanol–water partition coefficient (Wildman–Crippen LogP) is 0.888. The maximum atomic E-state index is 8.99. The number of hydrogen-bond donors (Lipinski definition) is 2. The molecule has 0 aliphatic carbocycles. The van der Waals surface area contributed by atoms with Crippen LogP contribution < -0.4 is 10.5 Å². The molecule has 1 aromatic carbocycles. The second kappa shape index (κ2) is 6.07. The van der Waals surface area contributed by atoms with Crippen LogP contribution >= 0.6 is 0 Å². The smallest absolute Gasteiger partial charge is 0.134 e. The van der Waals surface area contributed by atoms with Crippen LogP contribution in [0.15, 0.2) is 18.2 Å². The summed E-state index contributed by atoms with van der Waals surface area (Å²) in [5.41, 5.74) is 6.96. The van der Waals surface area contributed by atoms with Gasteiger partial charge in [-0.15, -0.1) is 0 Å². The molecule has 3 nitrogen and oxygen atoms in total. The van der Waals surface area contributed by atoms with Crippen LogP contribution in [0.1, 0.15) is 17.5 Å². The zero-order valence-corrected chi connectivity index (χ0v) is 8.79. The predicted molar refractivity (Wildman–Crippen MR) is 59.5 cm³/mol. The highest BCUT2D eigenvalue weighted by Gasteiger charge is 2.00. The zero-order valence-electron chi connectivity index (χ0n) is 8.79. The van der Waals surface area contributed by atoms with E-state index >= 15 is 0 Å². The first kappa shape index (κ1) is 11.6. The maximum Gasteiger partial charge on any atom is 0.134 e. The molecule has 3 N–H and O–H groups in total. The highest BCUT2D eigenvalue weighted by Crippen LogP contribution is 2.18. The Kier molecular flexibility index (Phi) is 4.69. The number of benzene rings is 1. The number of aliphatic hydroxyl groups is 1. The van der Waals surface area contributed by atoms with E-state index in [-0.39, 0.29) is 6.61 Å². The molecule has 0 unspecified atom stereocenters. The van der Waals surface area contributed by atoms with E-state index < -0.39 is 0 Å². The van der Waals surface area contributed by atoms with Crippen molar-refractivity contribution in [1.29, 1.82) is 0 Å². The van der Waals surface area contributed by atoms with Crippen LogP contribution in [0.3, 0.4) is 0 Å². The number of rotatable bonds is 3. The normalized spacial score (nSPS) is 9.27. The highest BCUT2D eigenvalue weighted by atomic mass is 16.5. The third-order valence-corrected chi connectivity index (χ3v) is 1.94. The fourth-order valence-corrected chi connectivity index (χ4v) is 1.18. The van der Waals surface area contributed by atoms with Crippen LogP contribution in [0.5, 0.6) is 5.75 Å². The van der Waals surface area contributed by atoms with Crippen molar-refractivity contribution in [2.45, 2.75) is 13.0 Å². The highest BCUT2D eigenvalue weighted by molar-refractivity contribution is 5.48. The van der Waals surface area contributed by atoms with Crippen molar-refractivity contribution in [2.75, 3.05) is 13.7 Å². The van der Waals surface area contributed by atoms with Crippen LogP contribution in [-0.4, -0.2) is 18.8 Å². The molecule has 0 saturated carbocycles. The van der Waals surface area contributed by atoms with Gasteiger partial charge in [-0.2, -0.15) is 0 Å². The second-order valence-corrected chi connectivity index (χ2v) is 3.03. The molecule has 0 radical (unpaired) electrons. The van der Waals surface area contributed by atoms with Crippen LogP contribution in [0.25, 0.3) is 0 Å². The molecule has 15 heavy (non-hydrogen) atoms. The third-order valence-electron chi connectivity index (χ3n) is 1.94. The van der Waals surface area contributed by atoms with E-state index in [4.69, 9.17) is 15.6 Å². The van der Waals surface area contributed by atoms with E-state index in [1.807, 2.05) is 12.1 Å². The molecule has 1 aromatic rings. The summed E-state index contributed by atoms with van der Waals surface area (Å²) in [7, 11) is 1.60. The van der Waals surface area contributed by atoms with Crippen molar-refractivity contribution in [1.82, 2.24) is 0 Å². The van der Waals surface area contributed by atoms with Gasteiger partial charge in [-0.1, -0.05) is 17.9 Å². The molecule has 80 valence electrons. The maximum absolute atomic E-state index is 8.99. The molecule has 1 rings (SSSR count). The SMILES string of the molecule is COc1ccc(CO)cc1C#CCCN. The van der Waals surface area contributed by atoms with Gasteiger partial charge in [0.1, 0.15) is 5.75 Å². The van der Waals surface area contributed by atoms with E-state index in [1.54, 1.807) is 13.2 Å². The van der Waals surface area contributed by atoms with Crippen molar-refractivity contribution in [2.24, 2.45) is 5.73 Å². The molecule has 0 aliphatic heterocycles.